The van der Waals surface area contributed by atoms with Crippen LogP contribution in [-0.2, 0) is 45.8 Å². The molecule has 2 atom stereocenters. The Bertz CT molecular complexity index is 7380. The number of esters is 2. The molecule has 0 bridgehead atoms. The van der Waals surface area contributed by atoms with Gasteiger partial charge < -0.3 is 62.1 Å². The molecule has 2 fully saturated rings. The van der Waals surface area contributed by atoms with E-state index in [2.05, 4.69) is 122 Å². The van der Waals surface area contributed by atoms with Crippen molar-refractivity contribution in [1.82, 2.24) is 106 Å². The fraction of sp³-hybridized carbons (Fsp3) is 0.304. The van der Waals surface area contributed by atoms with E-state index in [0.717, 1.165) is 114 Å². The number of ether oxygens (including phenoxy) is 3. The number of rotatable bonds is 25. The van der Waals surface area contributed by atoms with Crippen LogP contribution in [-0.4, -0.2) is 210 Å². The minimum absolute atomic E-state index is 0.142. The van der Waals surface area contributed by atoms with Gasteiger partial charge in [0.25, 0.3) is 0 Å². The largest absolute Gasteiger partial charge is 0.454 e. The standard InChI is InChI=1S/C29H33N7O4S.C25H27N7O3S.C24H25N7O3S.C24H24N6O3S2/c1-5-30-25(37)35-26-34-22-15-18(14-20(23(22)41-26)21-8-6-7-11-31-21)19-16-32-24(33-17-19)29(39)9-12-36(13-10-29)27(38)40-28(2,3)4;1-5-27-23(34)32-24-31-19-11-15(10-17(20(19)36-24)18-8-6-7-9-28-18)16-12-29-21(30-13-16)14(2)35-22(33)25(3,4)26;1-3-26-23(33)31-24-30-19-11-15(10-17(21(19)35-24)18-6-4-5-9-27-18)16-12-28-22(29-13-16)14(2)34-20(32)7-8-25;1-2-25-22(31)30-23-29-19-12-15(11-17(20(19)34-23)18-5-3-4-8-26-18)16-13-27-21(28-14-16)24(32)6-9-35(33)10-7-24/h6-8,11,14-17,39H,5,9-10,12-13H2,1-4H3,(H2,30,34,35,37);6-14H,5,26H2,1-4H3,(H2,27,31,32,34);4-6,9-14H,3,7-8,25H2,1-2H3,(H2,26,30,31,33);3-5,8,11-14,32H,2,6-7,9-10H2,1H3,(H2,25,29,30,31). The van der Waals surface area contributed by atoms with Crippen molar-refractivity contribution < 1.29 is 62.2 Å². The zero-order chi connectivity index (χ0) is 104. The van der Waals surface area contributed by atoms with E-state index in [4.69, 9.17) is 25.7 Å². The minimum atomic E-state index is -1.24. The van der Waals surface area contributed by atoms with Crippen molar-refractivity contribution in [3.63, 3.8) is 0 Å². The van der Waals surface area contributed by atoms with Crippen LogP contribution < -0.4 is 54.0 Å². The summed E-state index contributed by atoms with van der Waals surface area (Å²) in [4.78, 5) is 158. The van der Waals surface area contributed by atoms with Crippen molar-refractivity contribution in [2.24, 2.45) is 11.5 Å². The van der Waals surface area contributed by atoms with Crippen molar-refractivity contribution in [3.05, 3.63) is 219 Å². The Morgan fingerprint density at radius 3 is 0.986 bits per heavy atom. The van der Waals surface area contributed by atoms with Gasteiger partial charge in [-0.3, -0.25) is 55.0 Å². The lowest BCUT2D eigenvalue weighted by Crippen LogP contribution is -2.47. The summed E-state index contributed by atoms with van der Waals surface area (Å²) in [6.45, 7) is 22.4. The molecule has 14 heterocycles. The average molecular weight is 2080 g/mol. The number of thiazole rings is 4. The van der Waals surface area contributed by atoms with Crippen LogP contribution in [0.25, 0.3) is 130 Å². The second kappa shape index (κ2) is 47.7. The van der Waals surface area contributed by atoms with E-state index in [0.29, 0.717) is 137 Å². The molecule has 45 heteroatoms. The van der Waals surface area contributed by atoms with Gasteiger partial charge >= 0.3 is 42.2 Å². The van der Waals surface area contributed by atoms with E-state index in [-0.39, 0.29) is 43.2 Å². The molecule has 18 rings (SSSR count). The third-order valence-electron chi connectivity index (χ3n) is 22.7. The fourth-order valence-corrected chi connectivity index (χ4v) is 20.5. The molecule has 760 valence electrons. The first-order valence-corrected chi connectivity index (χ1v) is 52.0. The van der Waals surface area contributed by atoms with Crippen LogP contribution in [0.5, 0.6) is 0 Å². The van der Waals surface area contributed by atoms with Gasteiger partial charge in [-0.2, -0.15) is 0 Å². The fourth-order valence-electron chi connectivity index (χ4n) is 15.3. The molecule has 0 radical (unpaired) electrons. The molecule has 12 aromatic heterocycles. The van der Waals surface area contributed by atoms with Gasteiger partial charge in [0.15, 0.2) is 56.0 Å². The number of pyridine rings is 4. The number of fused-ring (bicyclic) bond motifs is 4. The molecule has 0 saturated carbocycles. The number of urea groups is 4. The number of nitrogens with one attached hydrogen (secondary N) is 8. The number of likely N-dealkylation sites (tertiary alicyclic amines) is 1. The number of hydrogen-bond acceptors (Lipinski definition) is 35. The van der Waals surface area contributed by atoms with E-state index in [9.17, 15) is 48.0 Å². The van der Waals surface area contributed by atoms with Crippen molar-refractivity contribution in [1.29, 1.82) is 0 Å². The summed E-state index contributed by atoms with van der Waals surface area (Å²) in [5.41, 5.74) is 23.0. The molecular formula is C102H109N27O13S5. The molecule has 2 aliphatic heterocycles. The van der Waals surface area contributed by atoms with Crippen LogP contribution in [0, 0.1) is 0 Å². The summed E-state index contributed by atoms with van der Waals surface area (Å²) in [5.74, 6) is 1.40. The molecule has 2 unspecified atom stereocenters. The van der Waals surface area contributed by atoms with Crippen LogP contribution in [0.4, 0.5) is 44.5 Å². The van der Waals surface area contributed by atoms with Crippen molar-refractivity contribution in [2.75, 3.05) is 78.6 Å². The predicted molar refractivity (Wildman–Crippen MR) is 569 cm³/mol. The molecule has 9 amide bonds. The van der Waals surface area contributed by atoms with Gasteiger partial charge in [0.05, 0.1) is 70.1 Å². The molecule has 16 aromatic rings. The van der Waals surface area contributed by atoms with Gasteiger partial charge in [0, 0.05) is 200 Å². The van der Waals surface area contributed by atoms with Crippen LogP contribution in [0.1, 0.15) is 144 Å². The second-order valence-electron chi connectivity index (χ2n) is 35.4. The van der Waals surface area contributed by atoms with Crippen LogP contribution in [0.2, 0.25) is 0 Å². The third kappa shape index (κ3) is 27.1. The maximum absolute atomic E-state index is 12.4. The summed E-state index contributed by atoms with van der Waals surface area (Å²) in [7, 11) is -0.890. The maximum atomic E-state index is 12.4. The van der Waals surface area contributed by atoms with Crippen LogP contribution in [0.3, 0.4) is 0 Å². The summed E-state index contributed by atoms with van der Waals surface area (Å²) in [5, 5.41) is 46.2. The molecule has 0 spiro atoms. The normalized spacial score (nSPS) is 14.7. The van der Waals surface area contributed by atoms with Gasteiger partial charge in [-0.25, -0.2) is 83.8 Å². The predicted octanol–water partition coefficient (Wildman–Crippen LogP) is 17.1. The zero-order valence-corrected chi connectivity index (χ0v) is 86.3. The van der Waals surface area contributed by atoms with E-state index >= 15 is 0 Å². The Hall–Kier alpha value is -15.4. The summed E-state index contributed by atoms with van der Waals surface area (Å²) < 4.78 is 31.4. The average Bonchev–Trinajstić information content (AvgIpc) is 1.62. The number of piperidine rings is 1. The van der Waals surface area contributed by atoms with Crippen molar-refractivity contribution in [3.8, 4) is 89.5 Å². The topological polar surface area (TPSA) is 562 Å². The first kappa shape index (κ1) is 106. The Balaban J connectivity index is 0.000000147. The SMILES string of the molecule is CCNC(=O)Nc1nc2cc(-c3cnc(C(C)OC(=O)C(C)(C)N)nc3)cc(-c3ccccn3)c2s1.CCNC(=O)Nc1nc2cc(-c3cnc(C(C)OC(=O)CCN)nc3)cc(-c3ccccn3)c2s1.CCNC(=O)Nc1nc2cc(-c3cnc(C4(O)CCN(C(=O)OC(C)(C)C)CC4)nc3)cc(-c3ccccn3)c2s1.CCNC(=O)Nc1nc2cc(-c3cnc(C4(O)CCS(=O)CC4)nc3)cc(-c3ccccn3)c2s1. The zero-order valence-electron chi connectivity index (χ0n) is 82.2. The highest BCUT2D eigenvalue weighted by Crippen LogP contribution is 2.45. The van der Waals surface area contributed by atoms with Gasteiger partial charge in [-0.1, -0.05) is 69.6 Å². The molecular weight excluding hydrogens is 1970 g/mol. The van der Waals surface area contributed by atoms with Gasteiger partial charge in [0.1, 0.15) is 22.3 Å². The highest BCUT2D eigenvalue weighted by molar-refractivity contribution is 7.85. The Morgan fingerprint density at radius 2 is 0.714 bits per heavy atom. The van der Waals surface area contributed by atoms with E-state index in [1.807, 2.05) is 170 Å². The summed E-state index contributed by atoms with van der Waals surface area (Å²) in [6, 6.07) is 37.3. The van der Waals surface area contributed by atoms with E-state index in [1.165, 1.54) is 45.3 Å². The number of hydrogen-bond donors (Lipinski definition) is 12. The van der Waals surface area contributed by atoms with E-state index in [1.54, 1.807) is 107 Å². The number of carbonyl (C=O) groups excluding carboxylic acids is 7. The smallest absolute Gasteiger partial charge is 0.410 e. The Kier molecular flexibility index (Phi) is 34.3. The monoisotopic (exact) mass is 2080 g/mol. The summed E-state index contributed by atoms with van der Waals surface area (Å²) >= 11 is 5.52. The highest BCUT2D eigenvalue weighted by Gasteiger charge is 2.40. The number of nitrogens with zero attached hydrogens (tertiary/aromatic N) is 17. The lowest BCUT2D eigenvalue weighted by atomic mass is 9.90. The maximum Gasteiger partial charge on any atom is 0.410 e. The van der Waals surface area contributed by atoms with Gasteiger partial charge in [-0.05, 0) is 208 Å². The first-order chi connectivity index (χ1) is 70.6. The molecule has 2 aliphatic rings. The van der Waals surface area contributed by atoms with Crippen LogP contribution in [0.15, 0.2) is 196 Å². The number of benzene rings is 4. The number of carbonyl (C=O) groups is 7. The number of aliphatic hydroxyl groups is 2. The number of amides is 9. The second-order valence-corrected chi connectivity index (χ2v) is 41.1. The lowest BCUT2D eigenvalue weighted by Gasteiger charge is -2.37. The number of anilines is 4. The van der Waals surface area contributed by atoms with E-state index < -0.39 is 57.3 Å². The van der Waals surface area contributed by atoms with Crippen molar-refractivity contribution in [2.45, 2.75) is 143 Å². The molecule has 4 aromatic carbocycles. The summed E-state index contributed by atoms with van der Waals surface area (Å²) in [6.07, 6.45) is 20.3. The quantitative estimate of drug-likeness (QED) is 0.0187. The van der Waals surface area contributed by atoms with Crippen LogP contribution >= 0.6 is 45.3 Å². The molecule has 40 nitrogen and oxygen atoms in total. The molecule has 14 N–H and O–H groups in total. The number of nitrogens with two attached hydrogens (primary N) is 2. The van der Waals surface area contributed by atoms with Crippen molar-refractivity contribution >= 4 is 160 Å². The molecule has 0 aliphatic carbocycles. The lowest BCUT2D eigenvalue weighted by molar-refractivity contribution is -0.154. The Labute approximate surface area is 863 Å². The Morgan fingerprint density at radius 1 is 0.422 bits per heavy atom. The molecule has 2 saturated heterocycles. The minimum Gasteiger partial charge on any atom is -0.454 e. The third-order valence-corrected chi connectivity index (χ3v) is 28.1. The van der Waals surface area contributed by atoms with Gasteiger partial charge in [-0.15, -0.1) is 0 Å². The first-order valence-electron chi connectivity index (χ1n) is 47.2. The molecule has 147 heavy (non-hydrogen) atoms. The highest BCUT2D eigenvalue weighted by atomic mass is 32.2. The number of aromatic nitrogens is 16. The van der Waals surface area contributed by atoms with Gasteiger partial charge in [0.2, 0.25) is 0 Å².